The number of aromatic nitrogens is 3. The molecule has 45 heavy (non-hydrogen) atoms. The zero-order chi connectivity index (χ0) is 31.3. The molecular formula is C36H45N7O2. The lowest BCUT2D eigenvalue weighted by Crippen LogP contribution is -2.48. The van der Waals surface area contributed by atoms with Crippen LogP contribution in [-0.4, -0.2) is 74.8 Å². The molecule has 2 aliphatic rings. The number of nitrogens with two attached hydrogens (primary N) is 1. The van der Waals surface area contributed by atoms with Crippen LogP contribution >= 0.6 is 0 Å². The van der Waals surface area contributed by atoms with Crippen molar-refractivity contribution in [2.24, 2.45) is 7.05 Å². The summed E-state index contributed by atoms with van der Waals surface area (Å²) in [5.41, 5.74) is 13.1. The normalized spacial score (nSPS) is 19.3. The number of rotatable bonds is 10. The number of hydrogen-bond acceptors (Lipinski definition) is 7. The number of benzene rings is 2. The molecule has 2 aromatic carbocycles. The van der Waals surface area contributed by atoms with Gasteiger partial charge in [0, 0.05) is 69.3 Å². The average Bonchev–Trinajstić information content (AvgIpc) is 3.69. The Labute approximate surface area is 266 Å². The highest BCUT2D eigenvalue weighted by atomic mass is 16.5. The van der Waals surface area contributed by atoms with E-state index in [9.17, 15) is 4.79 Å². The second kappa shape index (κ2) is 13.9. The van der Waals surface area contributed by atoms with E-state index in [1.54, 1.807) is 23.1 Å². The van der Waals surface area contributed by atoms with Crippen molar-refractivity contribution < 1.29 is 9.53 Å². The van der Waals surface area contributed by atoms with Crippen molar-refractivity contribution in [2.75, 3.05) is 31.9 Å². The molecular weight excluding hydrogens is 562 g/mol. The molecule has 6 rings (SSSR count). The highest BCUT2D eigenvalue weighted by Gasteiger charge is 2.30. The van der Waals surface area contributed by atoms with Crippen molar-refractivity contribution in [1.82, 2.24) is 29.9 Å². The fourth-order valence-corrected chi connectivity index (χ4v) is 6.42. The third-order valence-electron chi connectivity index (χ3n) is 9.22. The maximum Gasteiger partial charge on any atom is 0.255 e. The van der Waals surface area contributed by atoms with Crippen LogP contribution in [0.2, 0.25) is 0 Å². The Morgan fingerprint density at radius 1 is 0.933 bits per heavy atom. The lowest BCUT2D eigenvalue weighted by atomic mass is 10.0. The fourth-order valence-electron chi connectivity index (χ4n) is 6.42. The van der Waals surface area contributed by atoms with Crippen molar-refractivity contribution in [3.63, 3.8) is 0 Å². The van der Waals surface area contributed by atoms with Crippen molar-refractivity contribution >= 4 is 11.7 Å². The van der Waals surface area contributed by atoms with Crippen molar-refractivity contribution in [1.29, 1.82) is 0 Å². The summed E-state index contributed by atoms with van der Waals surface area (Å²) < 4.78 is 8.05. The van der Waals surface area contributed by atoms with Gasteiger partial charge in [0.1, 0.15) is 5.82 Å². The van der Waals surface area contributed by atoms with Gasteiger partial charge in [-0.25, -0.2) is 4.98 Å². The SMILES string of the molecule is CC(C)N1CCN(Cc2ccc(-c3ccc(CO[C@H]4CCC[C@@H]4NC(=O)c4cc(-c5cnn(C)c5)cnc4N)cc3)cc2)CC1. The quantitative estimate of drug-likeness (QED) is 0.258. The molecule has 0 radical (unpaired) electrons. The van der Waals surface area contributed by atoms with Crippen molar-refractivity contribution in [2.45, 2.75) is 64.4 Å². The second-order valence-corrected chi connectivity index (χ2v) is 12.7. The summed E-state index contributed by atoms with van der Waals surface area (Å²) in [4.78, 5) is 22.6. The number of nitrogens with one attached hydrogen (secondary N) is 1. The molecule has 1 aliphatic carbocycles. The van der Waals surface area contributed by atoms with Gasteiger partial charge in [0.15, 0.2) is 0 Å². The van der Waals surface area contributed by atoms with Crippen LogP contribution in [0.5, 0.6) is 0 Å². The molecule has 1 saturated carbocycles. The minimum atomic E-state index is -0.227. The Morgan fingerprint density at radius 3 is 2.27 bits per heavy atom. The lowest BCUT2D eigenvalue weighted by Gasteiger charge is -2.36. The second-order valence-electron chi connectivity index (χ2n) is 12.7. The van der Waals surface area contributed by atoms with Crippen LogP contribution in [0.3, 0.4) is 0 Å². The molecule has 3 N–H and O–H groups in total. The monoisotopic (exact) mass is 607 g/mol. The van der Waals surface area contributed by atoms with Crippen LogP contribution in [0.4, 0.5) is 5.82 Å². The van der Waals surface area contributed by atoms with Gasteiger partial charge in [0.25, 0.3) is 5.91 Å². The molecule has 0 unspecified atom stereocenters. The Balaban J connectivity index is 1.00. The maximum atomic E-state index is 13.2. The molecule has 2 aromatic heterocycles. The zero-order valence-electron chi connectivity index (χ0n) is 26.7. The number of hydrogen-bond donors (Lipinski definition) is 2. The summed E-state index contributed by atoms with van der Waals surface area (Å²) in [6.45, 7) is 10.6. The molecule has 0 spiro atoms. The van der Waals surface area contributed by atoms with E-state index in [0.717, 1.165) is 68.7 Å². The number of piperazine rings is 1. The third-order valence-corrected chi connectivity index (χ3v) is 9.22. The molecule has 2 fully saturated rings. The smallest absolute Gasteiger partial charge is 0.255 e. The molecule has 1 aliphatic heterocycles. The first kappa shape index (κ1) is 31.0. The Hall–Kier alpha value is -4.05. The highest BCUT2D eigenvalue weighted by Crippen LogP contribution is 2.27. The van der Waals surface area contributed by atoms with Gasteiger partial charge in [0.2, 0.25) is 0 Å². The first-order valence-electron chi connectivity index (χ1n) is 16.1. The molecule has 1 amide bonds. The average molecular weight is 608 g/mol. The Bertz CT molecular complexity index is 1570. The molecule has 4 aromatic rings. The summed E-state index contributed by atoms with van der Waals surface area (Å²) in [5.74, 6) is -0.0131. The van der Waals surface area contributed by atoms with E-state index in [1.807, 2.05) is 13.2 Å². The van der Waals surface area contributed by atoms with Crippen LogP contribution in [0, 0.1) is 0 Å². The van der Waals surface area contributed by atoms with Gasteiger partial charge in [-0.1, -0.05) is 48.5 Å². The van der Waals surface area contributed by atoms with E-state index in [1.165, 1.54) is 16.7 Å². The standard InChI is InChI=1S/C36H45N7O2/c1-25(2)43-17-15-42(16-18-43)22-26-7-11-28(12-8-26)29-13-9-27(10-14-29)24-45-34-6-4-5-33(34)40-36(44)32-19-30(20-38-35(32)37)31-21-39-41(3)23-31/h7-14,19-21,23,25,33-34H,4-6,15-18,22,24H2,1-3H3,(H2,37,38)(H,40,44)/t33-,34-/m0/s1. The third kappa shape index (κ3) is 7.61. The first-order valence-corrected chi connectivity index (χ1v) is 16.1. The summed E-state index contributed by atoms with van der Waals surface area (Å²) >= 11 is 0. The largest absolute Gasteiger partial charge is 0.383 e. The van der Waals surface area contributed by atoms with E-state index in [-0.39, 0.29) is 23.9 Å². The number of nitrogen functional groups attached to an aromatic ring is 1. The molecule has 3 heterocycles. The van der Waals surface area contributed by atoms with Gasteiger partial charge >= 0.3 is 0 Å². The molecule has 0 bridgehead atoms. The van der Waals surface area contributed by atoms with Gasteiger partial charge in [-0.3, -0.25) is 19.3 Å². The van der Waals surface area contributed by atoms with E-state index in [4.69, 9.17) is 10.5 Å². The van der Waals surface area contributed by atoms with Gasteiger partial charge < -0.3 is 15.8 Å². The Kier molecular flexibility index (Phi) is 9.59. The Morgan fingerprint density at radius 2 is 1.62 bits per heavy atom. The number of aryl methyl sites for hydroxylation is 1. The number of carbonyl (C=O) groups excluding carboxylic acids is 1. The number of ether oxygens (including phenoxy) is 1. The number of nitrogens with zero attached hydrogens (tertiary/aromatic N) is 5. The van der Waals surface area contributed by atoms with Crippen molar-refractivity contribution in [3.05, 3.63) is 89.9 Å². The van der Waals surface area contributed by atoms with E-state index >= 15 is 0 Å². The minimum Gasteiger partial charge on any atom is -0.383 e. The van der Waals surface area contributed by atoms with Gasteiger partial charge in [0.05, 0.1) is 30.5 Å². The lowest BCUT2D eigenvalue weighted by molar-refractivity contribution is 0.0272. The zero-order valence-corrected chi connectivity index (χ0v) is 26.7. The predicted octanol–water partition coefficient (Wildman–Crippen LogP) is 5.13. The summed E-state index contributed by atoms with van der Waals surface area (Å²) in [5, 5.41) is 7.38. The predicted molar refractivity (Wildman–Crippen MR) is 178 cm³/mol. The molecule has 236 valence electrons. The van der Waals surface area contributed by atoms with Crippen LogP contribution in [-0.2, 0) is 24.9 Å². The number of anilines is 1. The van der Waals surface area contributed by atoms with Gasteiger partial charge in [-0.2, -0.15) is 5.10 Å². The number of amides is 1. The van der Waals surface area contributed by atoms with Crippen LogP contribution < -0.4 is 11.1 Å². The topological polar surface area (TPSA) is 102 Å². The molecule has 1 saturated heterocycles. The van der Waals surface area contributed by atoms with Crippen molar-refractivity contribution in [3.8, 4) is 22.3 Å². The van der Waals surface area contributed by atoms with Gasteiger partial charge in [-0.05, 0) is 61.4 Å². The maximum absolute atomic E-state index is 13.2. The van der Waals surface area contributed by atoms with Crippen LogP contribution in [0.1, 0.15) is 54.6 Å². The first-order chi connectivity index (χ1) is 21.8. The fraction of sp³-hybridized carbons (Fsp3) is 0.417. The number of carbonyl (C=O) groups is 1. The van der Waals surface area contributed by atoms with Gasteiger partial charge in [-0.15, -0.1) is 0 Å². The summed E-state index contributed by atoms with van der Waals surface area (Å²) in [6, 6.07) is 19.9. The van der Waals surface area contributed by atoms with Crippen LogP contribution in [0.25, 0.3) is 22.3 Å². The molecule has 2 atom stereocenters. The summed E-state index contributed by atoms with van der Waals surface area (Å²) in [7, 11) is 1.85. The van der Waals surface area contributed by atoms with E-state index in [2.05, 4.69) is 87.6 Å². The molecule has 9 nitrogen and oxygen atoms in total. The highest BCUT2D eigenvalue weighted by molar-refractivity contribution is 5.99. The minimum absolute atomic E-state index is 0.0507. The summed E-state index contributed by atoms with van der Waals surface area (Å²) in [6.07, 6.45) is 8.03. The number of pyridine rings is 1. The van der Waals surface area contributed by atoms with Crippen LogP contribution in [0.15, 0.2) is 73.2 Å². The molecule has 9 heteroatoms. The van der Waals surface area contributed by atoms with E-state index in [0.29, 0.717) is 18.2 Å². The van der Waals surface area contributed by atoms with E-state index < -0.39 is 0 Å².